The van der Waals surface area contributed by atoms with Gasteiger partial charge in [0.25, 0.3) is 6.43 Å². The van der Waals surface area contributed by atoms with Crippen LogP contribution >= 0.6 is 0 Å². The summed E-state index contributed by atoms with van der Waals surface area (Å²) in [7, 11) is 1.58. The summed E-state index contributed by atoms with van der Waals surface area (Å²) in [4.78, 5) is 0. The van der Waals surface area contributed by atoms with Crippen molar-refractivity contribution in [2.45, 2.75) is 12.5 Å². The third-order valence-corrected chi connectivity index (χ3v) is 2.25. The Kier molecular flexibility index (Phi) is 6.38. The van der Waals surface area contributed by atoms with Crippen LogP contribution in [0.4, 0.5) is 8.78 Å². The van der Waals surface area contributed by atoms with Gasteiger partial charge >= 0.3 is 0 Å². The Morgan fingerprint density at radius 2 is 1.83 bits per heavy atom. The quantitative estimate of drug-likeness (QED) is 0.692. The van der Waals surface area contributed by atoms with Crippen molar-refractivity contribution < 1.29 is 23.4 Å². The molecular formula is C12H17F2NO3. The molecule has 0 aliphatic carbocycles. The lowest BCUT2D eigenvalue weighted by molar-refractivity contribution is -0.00346. The smallest absolute Gasteiger partial charge is 0.265 e. The highest BCUT2D eigenvalue weighted by Crippen LogP contribution is 2.16. The van der Waals surface area contributed by atoms with Gasteiger partial charge in [-0.15, -0.1) is 0 Å². The van der Waals surface area contributed by atoms with E-state index in [-0.39, 0.29) is 6.54 Å². The van der Waals surface area contributed by atoms with E-state index in [0.717, 1.165) is 5.75 Å². The molecule has 1 rings (SSSR count). The second-order valence-corrected chi connectivity index (χ2v) is 3.63. The van der Waals surface area contributed by atoms with Crippen molar-refractivity contribution in [1.82, 2.24) is 5.32 Å². The van der Waals surface area contributed by atoms with E-state index < -0.39 is 12.5 Å². The fourth-order valence-corrected chi connectivity index (χ4v) is 1.25. The zero-order valence-electron chi connectivity index (χ0n) is 10.1. The predicted molar refractivity (Wildman–Crippen MR) is 63.4 cm³/mol. The van der Waals surface area contributed by atoms with Gasteiger partial charge in [0, 0.05) is 13.1 Å². The summed E-state index contributed by atoms with van der Waals surface area (Å²) in [6, 6.07) is 7.05. The Bertz CT molecular complexity index is 333. The molecule has 1 atom stereocenters. The van der Waals surface area contributed by atoms with Gasteiger partial charge in [-0.2, -0.15) is 0 Å². The maximum Gasteiger partial charge on any atom is 0.265 e. The summed E-state index contributed by atoms with van der Waals surface area (Å²) in [5.74, 6) is 1.41. The SMILES string of the molecule is COc1ccc(OCCNCC(O)C(F)F)cc1. The van der Waals surface area contributed by atoms with E-state index in [0.29, 0.717) is 18.9 Å². The number of aliphatic hydroxyl groups is 1. The summed E-state index contributed by atoms with van der Waals surface area (Å²) >= 11 is 0. The van der Waals surface area contributed by atoms with Gasteiger partial charge in [-0.25, -0.2) is 8.78 Å². The molecule has 1 aromatic rings. The van der Waals surface area contributed by atoms with Crippen molar-refractivity contribution in [3.63, 3.8) is 0 Å². The molecule has 1 unspecified atom stereocenters. The summed E-state index contributed by atoms with van der Waals surface area (Å²) in [6.07, 6.45) is -4.36. The molecule has 0 aliphatic rings. The molecule has 4 nitrogen and oxygen atoms in total. The minimum absolute atomic E-state index is 0.149. The van der Waals surface area contributed by atoms with Crippen LogP contribution < -0.4 is 14.8 Å². The summed E-state index contributed by atoms with van der Waals surface area (Å²) in [5, 5.41) is 11.5. The highest BCUT2D eigenvalue weighted by Gasteiger charge is 2.15. The van der Waals surface area contributed by atoms with Crippen LogP contribution in [0.25, 0.3) is 0 Å². The number of alkyl halides is 2. The van der Waals surface area contributed by atoms with Crippen LogP contribution in [0.5, 0.6) is 11.5 Å². The lowest BCUT2D eigenvalue weighted by atomic mass is 10.3. The lowest BCUT2D eigenvalue weighted by Gasteiger charge is -2.11. The van der Waals surface area contributed by atoms with Gasteiger partial charge in [0.05, 0.1) is 7.11 Å². The maximum atomic E-state index is 11.9. The van der Waals surface area contributed by atoms with Gasteiger partial charge < -0.3 is 19.9 Å². The molecule has 0 aliphatic heterocycles. The molecule has 0 saturated heterocycles. The second kappa shape index (κ2) is 7.84. The van der Waals surface area contributed by atoms with Crippen molar-refractivity contribution in [3.8, 4) is 11.5 Å². The van der Waals surface area contributed by atoms with Crippen molar-refractivity contribution in [2.75, 3.05) is 26.8 Å². The van der Waals surface area contributed by atoms with Crippen LogP contribution in [0.1, 0.15) is 0 Å². The largest absolute Gasteiger partial charge is 0.497 e. The number of ether oxygens (including phenoxy) is 2. The van der Waals surface area contributed by atoms with Crippen molar-refractivity contribution in [3.05, 3.63) is 24.3 Å². The molecule has 0 fully saturated rings. The molecule has 0 bridgehead atoms. The normalized spacial score (nSPS) is 12.5. The lowest BCUT2D eigenvalue weighted by Crippen LogP contribution is -2.34. The molecule has 102 valence electrons. The van der Waals surface area contributed by atoms with E-state index in [1.165, 1.54) is 0 Å². The average molecular weight is 261 g/mol. The number of aliphatic hydroxyl groups excluding tert-OH is 1. The zero-order chi connectivity index (χ0) is 13.4. The van der Waals surface area contributed by atoms with Gasteiger partial charge in [0.2, 0.25) is 0 Å². The Hall–Kier alpha value is -1.40. The topological polar surface area (TPSA) is 50.7 Å². The predicted octanol–water partition coefficient (Wildman–Crippen LogP) is 1.29. The Labute approximate surface area is 105 Å². The molecule has 1 aromatic carbocycles. The fraction of sp³-hybridized carbons (Fsp3) is 0.500. The number of rotatable bonds is 8. The molecule has 6 heteroatoms. The van der Waals surface area contributed by atoms with Crippen LogP contribution in [0, 0.1) is 0 Å². The number of methoxy groups -OCH3 is 1. The van der Waals surface area contributed by atoms with Crippen LogP contribution in [-0.2, 0) is 0 Å². The molecule has 0 aromatic heterocycles. The average Bonchev–Trinajstić information content (AvgIpc) is 2.38. The van der Waals surface area contributed by atoms with Crippen molar-refractivity contribution in [2.24, 2.45) is 0 Å². The van der Waals surface area contributed by atoms with E-state index in [9.17, 15) is 8.78 Å². The Balaban J connectivity index is 2.14. The molecule has 0 spiro atoms. The molecule has 0 radical (unpaired) electrons. The van der Waals surface area contributed by atoms with Crippen LogP contribution in [-0.4, -0.2) is 44.4 Å². The fourth-order valence-electron chi connectivity index (χ4n) is 1.25. The molecule has 0 amide bonds. The molecule has 2 N–H and O–H groups in total. The minimum atomic E-state index is -2.72. The maximum absolute atomic E-state index is 11.9. The van der Waals surface area contributed by atoms with Crippen LogP contribution in [0.2, 0.25) is 0 Å². The third kappa shape index (κ3) is 5.29. The van der Waals surface area contributed by atoms with Gasteiger partial charge in [-0.1, -0.05) is 0 Å². The molecule has 18 heavy (non-hydrogen) atoms. The van der Waals surface area contributed by atoms with E-state index in [1.54, 1.807) is 31.4 Å². The number of halogens is 2. The van der Waals surface area contributed by atoms with E-state index >= 15 is 0 Å². The molecule has 0 saturated carbocycles. The first-order chi connectivity index (χ1) is 8.63. The third-order valence-electron chi connectivity index (χ3n) is 2.25. The standard InChI is InChI=1S/C12H17F2NO3/c1-17-9-2-4-10(5-3-9)18-7-6-15-8-11(16)12(13)14/h2-5,11-12,15-16H,6-8H2,1H3. The second-order valence-electron chi connectivity index (χ2n) is 3.63. The highest BCUT2D eigenvalue weighted by atomic mass is 19.3. The van der Waals surface area contributed by atoms with Gasteiger partial charge in [0.1, 0.15) is 24.2 Å². The van der Waals surface area contributed by atoms with Gasteiger partial charge in [-0.3, -0.25) is 0 Å². The first-order valence-corrected chi connectivity index (χ1v) is 5.57. The first kappa shape index (κ1) is 14.7. The van der Waals surface area contributed by atoms with Gasteiger partial charge in [0.15, 0.2) is 0 Å². The monoisotopic (exact) mass is 261 g/mol. The number of benzene rings is 1. The highest BCUT2D eigenvalue weighted by molar-refractivity contribution is 5.31. The van der Waals surface area contributed by atoms with Crippen LogP contribution in [0.15, 0.2) is 24.3 Å². The Morgan fingerprint density at radius 3 is 2.39 bits per heavy atom. The number of hydrogen-bond acceptors (Lipinski definition) is 4. The van der Waals surface area contributed by atoms with Crippen molar-refractivity contribution in [1.29, 1.82) is 0 Å². The number of nitrogens with one attached hydrogen (secondary N) is 1. The summed E-state index contributed by atoms with van der Waals surface area (Å²) < 4.78 is 34.2. The van der Waals surface area contributed by atoms with Crippen molar-refractivity contribution >= 4 is 0 Å². The van der Waals surface area contributed by atoms with Crippen LogP contribution in [0.3, 0.4) is 0 Å². The minimum Gasteiger partial charge on any atom is -0.497 e. The first-order valence-electron chi connectivity index (χ1n) is 5.57. The molecular weight excluding hydrogens is 244 g/mol. The van der Waals surface area contributed by atoms with Gasteiger partial charge in [-0.05, 0) is 24.3 Å². The summed E-state index contributed by atoms with van der Waals surface area (Å²) in [5.41, 5.74) is 0. The zero-order valence-corrected chi connectivity index (χ0v) is 10.1. The Morgan fingerprint density at radius 1 is 1.22 bits per heavy atom. The van der Waals surface area contributed by atoms with E-state index in [1.807, 2.05) is 0 Å². The molecule has 0 heterocycles. The van der Waals surface area contributed by atoms with E-state index in [2.05, 4.69) is 5.32 Å². The summed E-state index contributed by atoms with van der Waals surface area (Å²) in [6.45, 7) is 0.571. The van der Waals surface area contributed by atoms with E-state index in [4.69, 9.17) is 14.6 Å². The number of hydrogen-bond donors (Lipinski definition) is 2.